The lowest BCUT2D eigenvalue weighted by Crippen LogP contribution is -2.56. The van der Waals surface area contributed by atoms with Crippen LogP contribution in [0.25, 0.3) is 0 Å². The highest BCUT2D eigenvalue weighted by molar-refractivity contribution is 5.38. The molecule has 5 aliphatic carbocycles. The molecule has 0 bridgehead atoms. The summed E-state index contributed by atoms with van der Waals surface area (Å²) in [6.45, 7) is 20.2. The van der Waals surface area contributed by atoms with Crippen molar-refractivity contribution >= 4 is 0 Å². The first kappa shape index (κ1) is 24.2. The van der Waals surface area contributed by atoms with E-state index in [-0.39, 0.29) is 5.41 Å². The molecule has 33 heavy (non-hydrogen) atoms. The van der Waals surface area contributed by atoms with Gasteiger partial charge in [-0.25, -0.2) is 0 Å². The minimum absolute atomic E-state index is 0.136. The van der Waals surface area contributed by atoms with Gasteiger partial charge in [0.2, 0.25) is 0 Å². The first-order valence-corrected chi connectivity index (χ1v) is 14.8. The van der Waals surface area contributed by atoms with Crippen molar-refractivity contribution in [2.75, 3.05) is 0 Å². The predicted octanol–water partition coefficient (Wildman–Crippen LogP) is 9.58. The molecule has 0 aromatic carbocycles. The molecule has 9 atom stereocenters. The third-order valence-corrected chi connectivity index (χ3v) is 13.7. The van der Waals surface area contributed by atoms with Gasteiger partial charge in [-0.2, -0.15) is 0 Å². The Bertz CT molecular complexity index is 807. The van der Waals surface area contributed by atoms with E-state index in [1.54, 1.807) is 0 Å². The molecule has 4 saturated carbocycles. The smallest absolute Gasteiger partial charge is 0.0953 e. The van der Waals surface area contributed by atoms with Crippen LogP contribution in [0.3, 0.4) is 0 Å². The van der Waals surface area contributed by atoms with Crippen LogP contribution in [0.5, 0.6) is 0 Å². The van der Waals surface area contributed by atoms with Gasteiger partial charge in [-0.05, 0) is 121 Å². The fourth-order valence-corrected chi connectivity index (χ4v) is 11.5. The molecule has 0 heterocycles. The monoisotopic (exact) mass is 454 g/mol. The van der Waals surface area contributed by atoms with Gasteiger partial charge in [0.05, 0.1) is 5.76 Å². The molecule has 4 fully saturated rings. The number of hydrogen-bond donors (Lipinski definition) is 1. The Hall–Kier alpha value is -0.460. The highest BCUT2D eigenvalue weighted by atomic mass is 16.3. The first-order chi connectivity index (χ1) is 15.4. The molecule has 0 aromatic rings. The van der Waals surface area contributed by atoms with Crippen molar-refractivity contribution < 1.29 is 5.11 Å². The lowest BCUT2D eigenvalue weighted by atomic mass is 9.42. The maximum atomic E-state index is 11.4. The molecule has 1 heteroatoms. The van der Waals surface area contributed by atoms with Gasteiger partial charge < -0.3 is 5.11 Å². The molecular formula is C32H54O. The normalized spacial score (nSPS) is 49.4. The van der Waals surface area contributed by atoms with E-state index >= 15 is 0 Å². The van der Waals surface area contributed by atoms with Crippen LogP contribution >= 0.6 is 0 Å². The molecule has 1 unspecified atom stereocenters. The average Bonchev–Trinajstić information content (AvgIpc) is 3.36. The summed E-state index contributed by atoms with van der Waals surface area (Å²) in [6, 6.07) is 0. The number of aliphatic hydroxyl groups is 1. The lowest BCUT2D eigenvalue weighted by molar-refractivity contribution is -0.134. The van der Waals surface area contributed by atoms with Crippen molar-refractivity contribution in [1.82, 2.24) is 0 Å². The Labute approximate surface area is 205 Å². The van der Waals surface area contributed by atoms with Crippen LogP contribution in [0.15, 0.2) is 11.8 Å². The summed E-state index contributed by atoms with van der Waals surface area (Å²) in [5.74, 6) is 5.79. The molecule has 0 aliphatic heterocycles. The van der Waals surface area contributed by atoms with Crippen molar-refractivity contribution in [2.24, 2.45) is 62.6 Å². The van der Waals surface area contributed by atoms with Crippen LogP contribution in [0.1, 0.15) is 126 Å². The summed E-state index contributed by atoms with van der Waals surface area (Å²) in [6.07, 6.45) is 17.2. The fourth-order valence-electron chi connectivity index (χ4n) is 11.5. The Kier molecular flexibility index (Phi) is 5.53. The molecule has 2 spiro atoms. The average molecular weight is 455 g/mol. The lowest BCUT2D eigenvalue weighted by Gasteiger charge is -2.62. The molecule has 5 rings (SSSR count). The minimum Gasteiger partial charge on any atom is -0.512 e. The molecule has 0 aromatic heterocycles. The van der Waals surface area contributed by atoms with Gasteiger partial charge in [0.25, 0.3) is 0 Å². The van der Waals surface area contributed by atoms with E-state index < -0.39 is 0 Å². The van der Waals surface area contributed by atoms with E-state index in [2.05, 4.69) is 61.5 Å². The summed E-state index contributed by atoms with van der Waals surface area (Å²) >= 11 is 0. The van der Waals surface area contributed by atoms with Crippen molar-refractivity contribution in [3.8, 4) is 0 Å². The predicted molar refractivity (Wildman–Crippen MR) is 140 cm³/mol. The highest BCUT2D eigenvalue weighted by Crippen LogP contribution is 2.89. The minimum atomic E-state index is 0.136. The number of aliphatic hydroxyl groups excluding tert-OH is 1. The van der Waals surface area contributed by atoms with Gasteiger partial charge in [0.15, 0.2) is 0 Å². The van der Waals surface area contributed by atoms with Gasteiger partial charge in [0.1, 0.15) is 0 Å². The largest absolute Gasteiger partial charge is 0.512 e. The molecule has 188 valence electrons. The Balaban J connectivity index is 1.40. The number of hydrogen-bond acceptors (Lipinski definition) is 1. The van der Waals surface area contributed by atoms with Crippen LogP contribution in [0.2, 0.25) is 0 Å². The zero-order valence-electron chi connectivity index (χ0n) is 23.3. The van der Waals surface area contributed by atoms with E-state index in [1.165, 1.54) is 64.2 Å². The quantitative estimate of drug-likeness (QED) is 0.423. The van der Waals surface area contributed by atoms with E-state index in [0.717, 1.165) is 41.8 Å². The third kappa shape index (κ3) is 2.95. The summed E-state index contributed by atoms with van der Waals surface area (Å²) in [4.78, 5) is 0. The summed E-state index contributed by atoms with van der Waals surface area (Å²) in [5, 5.41) is 11.4. The number of allylic oxidation sites excluding steroid dienone is 2. The SMILES string of the molecule is CCC(CC[C@@H](C)[C@H]1CC[C@@]2(C)[C@@H]3CC[C@H]4C(C)(C)CC=C(O)[C@@]45C[C@@]35CC[C@]12C)C(C)C. The van der Waals surface area contributed by atoms with Crippen molar-refractivity contribution in [2.45, 2.75) is 126 Å². The summed E-state index contributed by atoms with van der Waals surface area (Å²) < 4.78 is 0. The second-order valence-electron chi connectivity index (χ2n) is 15.2. The molecular weight excluding hydrogens is 400 g/mol. The molecule has 1 N–H and O–H groups in total. The second-order valence-corrected chi connectivity index (χ2v) is 15.2. The molecule has 0 radical (unpaired) electrons. The van der Waals surface area contributed by atoms with Crippen LogP contribution < -0.4 is 0 Å². The summed E-state index contributed by atoms with van der Waals surface area (Å²) in [7, 11) is 0. The molecule has 5 aliphatic rings. The Morgan fingerprint density at radius 2 is 1.61 bits per heavy atom. The zero-order chi connectivity index (χ0) is 24.0. The standard InChI is InChI=1S/C32H54O/c1-9-23(21(2)3)11-10-22(4)24-14-17-30(8)26-13-12-25-28(5,6)16-15-27(33)32(25)20-31(26,32)19-18-29(24,30)7/h15,21-26,33H,9-14,16-20H2,1-8H3/t22-,23?,24-,25+,26+,29-,30+,31+,32-/m1/s1. The van der Waals surface area contributed by atoms with E-state index in [1.807, 2.05) is 0 Å². The van der Waals surface area contributed by atoms with E-state index in [9.17, 15) is 5.11 Å². The van der Waals surface area contributed by atoms with Crippen molar-refractivity contribution in [3.63, 3.8) is 0 Å². The van der Waals surface area contributed by atoms with Gasteiger partial charge in [-0.15, -0.1) is 0 Å². The van der Waals surface area contributed by atoms with Gasteiger partial charge >= 0.3 is 0 Å². The molecule has 0 amide bonds. The second kappa shape index (κ2) is 7.52. The topological polar surface area (TPSA) is 20.2 Å². The molecule has 1 nitrogen and oxygen atoms in total. The maximum Gasteiger partial charge on any atom is 0.0953 e. The number of rotatable bonds is 6. The van der Waals surface area contributed by atoms with Crippen LogP contribution in [0, 0.1) is 62.6 Å². The van der Waals surface area contributed by atoms with Gasteiger partial charge in [-0.1, -0.05) is 68.2 Å². The highest BCUT2D eigenvalue weighted by Gasteiger charge is 2.83. The zero-order valence-corrected chi connectivity index (χ0v) is 23.3. The molecule has 0 saturated heterocycles. The van der Waals surface area contributed by atoms with E-state index in [4.69, 9.17) is 0 Å². The van der Waals surface area contributed by atoms with Crippen LogP contribution in [-0.2, 0) is 0 Å². The van der Waals surface area contributed by atoms with Crippen molar-refractivity contribution in [3.05, 3.63) is 11.8 Å². The van der Waals surface area contributed by atoms with Crippen molar-refractivity contribution in [1.29, 1.82) is 0 Å². The third-order valence-electron chi connectivity index (χ3n) is 13.7. The van der Waals surface area contributed by atoms with Gasteiger partial charge in [0, 0.05) is 5.41 Å². The van der Waals surface area contributed by atoms with Crippen LogP contribution in [-0.4, -0.2) is 5.11 Å². The first-order valence-electron chi connectivity index (χ1n) is 14.8. The summed E-state index contributed by atoms with van der Waals surface area (Å²) in [5.41, 5.74) is 1.84. The van der Waals surface area contributed by atoms with Gasteiger partial charge in [-0.3, -0.25) is 0 Å². The van der Waals surface area contributed by atoms with E-state index in [0.29, 0.717) is 27.6 Å². The number of fused-ring (bicyclic) bond motifs is 2. The fraction of sp³-hybridized carbons (Fsp3) is 0.938. The van der Waals surface area contributed by atoms with Crippen LogP contribution in [0.4, 0.5) is 0 Å². The maximum absolute atomic E-state index is 11.4. The Morgan fingerprint density at radius 1 is 0.909 bits per heavy atom. The Morgan fingerprint density at radius 3 is 2.27 bits per heavy atom.